The van der Waals surface area contributed by atoms with Crippen molar-refractivity contribution in [2.75, 3.05) is 17.7 Å². The van der Waals surface area contributed by atoms with Crippen molar-refractivity contribution in [2.24, 2.45) is 0 Å². The first-order valence-corrected chi connectivity index (χ1v) is 10.0. The lowest BCUT2D eigenvalue weighted by atomic mass is 10.2. The van der Waals surface area contributed by atoms with Gasteiger partial charge in [0.15, 0.2) is 5.16 Å². The van der Waals surface area contributed by atoms with E-state index >= 15 is 0 Å². The second kappa shape index (κ2) is 9.29. The summed E-state index contributed by atoms with van der Waals surface area (Å²) in [6, 6.07) is 15.5. The molecule has 8 heteroatoms. The first-order valence-electron chi connectivity index (χ1n) is 9.02. The number of aromatic nitrogens is 2. The van der Waals surface area contributed by atoms with Crippen molar-refractivity contribution in [3.63, 3.8) is 0 Å². The molecule has 1 aromatic heterocycles. The van der Waals surface area contributed by atoms with Crippen LogP contribution in [0, 0.1) is 6.92 Å². The van der Waals surface area contributed by atoms with Gasteiger partial charge in [0.25, 0.3) is 5.56 Å². The van der Waals surface area contributed by atoms with E-state index in [0.29, 0.717) is 18.0 Å². The fourth-order valence-electron chi connectivity index (χ4n) is 2.71. The highest BCUT2D eigenvalue weighted by Gasteiger charge is 2.14. The van der Waals surface area contributed by atoms with Crippen molar-refractivity contribution in [3.05, 3.63) is 70.5 Å². The number of carbonyl (C=O) groups is 1. The summed E-state index contributed by atoms with van der Waals surface area (Å²) in [6.45, 7) is 4.35. The molecule has 0 unspecified atom stereocenters. The zero-order valence-corrected chi connectivity index (χ0v) is 16.9. The van der Waals surface area contributed by atoms with E-state index in [9.17, 15) is 14.7 Å². The van der Waals surface area contributed by atoms with Crippen molar-refractivity contribution in [2.45, 2.75) is 19.0 Å². The lowest BCUT2D eigenvalue weighted by Gasteiger charge is -2.13. The van der Waals surface area contributed by atoms with E-state index in [1.807, 2.05) is 32.0 Å². The molecule has 0 spiro atoms. The van der Waals surface area contributed by atoms with Crippen molar-refractivity contribution < 1.29 is 14.6 Å². The summed E-state index contributed by atoms with van der Waals surface area (Å²) in [6.07, 6.45) is 0. The lowest BCUT2D eigenvalue weighted by Crippen LogP contribution is -2.22. The third kappa shape index (κ3) is 5.17. The molecule has 0 aliphatic heterocycles. The summed E-state index contributed by atoms with van der Waals surface area (Å²) in [4.78, 5) is 28.9. The van der Waals surface area contributed by atoms with Crippen molar-refractivity contribution in [1.82, 2.24) is 9.55 Å². The molecule has 3 rings (SSSR count). The van der Waals surface area contributed by atoms with Gasteiger partial charge in [-0.2, -0.15) is 4.98 Å². The average Bonchev–Trinajstić information content (AvgIpc) is 2.69. The predicted octanol–water partition coefficient (Wildman–Crippen LogP) is 3.38. The second-order valence-corrected chi connectivity index (χ2v) is 7.09. The molecule has 2 N–H and O–H groups in total. The highest BCUT2D eigenvalue weighted by Crippen LogP contribution is 2.23. The Kier molecular flexibility index (Phi) is 6.56. The van der Waals surface area contributed by atoms with Gasteiger partial charge in [-0.05, 0) is 49.7 Å². The highest BCUT2D eigenvalue weighted by molar-refractivity contribution is 7.99. The minimum Gasteiger partial charge on any atom is -0.494 e. The first kappa shape index (κ1) is 20.5. The lowest BCUT2D eigenvalue weighted by molar-refractivity contribution is -0.113. The smallest absolute Gasteiger partial charge is 0.262 e. The summed E-state index contributed by atoms with van der Waals surface area (Å²) in [5.74, 6) is 0.114. The molecule has 2 aromatic carbocycles. The number of carbonyl (C=O) groups excluding carboxylic acids is 1. The van der Waals surface area contributed by atoms with Gasteiger partial charge in [0.2, 0.25) is 11.8 Å². The zero-order valence-electron chi connectivity index (χ0n) is 16.1. The number of aryl methyl sites for hydroxylation is 1. The summed E-state index contributed by atoms with van der Waals surface area (Å²) in [5, 5.41) is 12.8. The van der Waals surface area contributed by atoms with Gasteiger partial charge in [-0.15, -0.1) is 0 Å². The normalized spacial score (nSPS) is 10.6. The topological polar surface area (TPSA) is 93.5 Å². The monoisotopic (exact) mass is 411 g/mol. The number of hydrogen-bond acceptors (Lipinski definition) is 6. The molecule has 0 fully saturated rings. The molecule has 1 heterocycles. The number of aromatic hydroxyl groups is 1. The maximum absolute atomic E-state index is 12.5. The van der Waals surface area contributed by atoms with E-state index in [0.717, 1.165) is 29.1 Å². The summed E-state index contributed by atoms with van der Waals surface area (Å²) < 4.78 is 6.77. The summed E-state index contributed by atoms with van der Waals surface area (Å²) in [5.41, 5.74) is 1.75. The minimum absolute atomic E-state index is 0.0228. The van der Waals surface area contributed by atoms with Crippen LogP contribution in [-0.4, -0.2) is 32.9 Å². The van der Waals surface area contributed by atoms with Crippen LogP contribution < -0.4 is 15.6 Å². The number of ether oxygens (including phenoxy) is 1. The van der Waals surface area contributed by atoms with E-state index in [1.54, 1.807) is 30.3 Å². The summed E-state index contributed by atoms with van der Waals surface area (Å²) >= 11 is 1.07. The number of hydrogen-bond donors (Lipinski definition) is 2. The third-order valence-electron chi connectivity index (χ3n) is 4.01. The maximum Gasteiger partial charge on any atom is 0.262 e. The number of benzene rings is 2. The average molecular weight is 411 g/mol. The van der Waals surface area contributed by atoms with Crippen LogP contribution in [0.1, 0.15) is 12.5 Å². The van der Waals surface area contributed by atoms with Crippen LogP contribution in [0.25, 0.3) is 5.69 Å². The van der Waals surface area contributed by atoms with Gasteiger partial charge in [-0.3, -0.25) is 14.2 Å². The Morgan fingerprint density at radius 2 is 1.93 bits per heavy atom. The molecule has 0 bridgehead atoms. The minimum atomic E-state index is -0.416. The Bertz CT molecular complexity index is 1060. The van der Waals surface area contributed by atoms with Crippen LogP contribution in [0.15, 0.2) is 64.5 Å². The van der Waals surface area contributed by atoms with Gasteiger partial charge in [0.1, 0.15) is 5.75 Å². The number of rotatable bonds is 7. The van der Waals surface area contributed by atoms with Gasteiger partial charge in [0.05, 0.1) is 24.1 Å². The van der Waals surface area contributed by atoms with Crippen molar-refractivity contribution >= 4 is 23.4 Å². The quantitative estimate of drug-likeness (QED) is 0.457. The molecule has 3 aromatic rings. The fraction of sp³-hybridized carbons (Fsp3) is 0.190. The highest BCUT2D eigenvalue weighted by atomic mass is 32.2. The van der Waals surface area contributed by atoms with E-state index in [4.69, 9.17) is 4.74 Å². The Hall–Kier alpha value is -3.26. The number of nitrogens with one attached hydrogen (secondary N) is 1. The Morgan fingerprint density at radius 1 is 1.21 bits per heavy atom. The number of anilines is 1. The van der Waals surface area contributed by atoms with Gasteiger partial charge in [-0.25, -0.2) is 0 Å². The number of thioether (sulfide) groups is 1. The standard InChI is InChI=1S/C21H21N3O4S/c1-3-28-16-10-8-15(9-11-16)22-19(26)13-29-21-23-18(25)12-20(27)24(21)17-7-5-4-6-14(17)2/h4-12,25H,3,13H2,1-2H3,(H,22,26). The molecular formula is C21H21N3O4S. The molecule has 1 amide bonds. The van der Waals surface area contributed by atoms with Crippen LogP contribution in [0.5, 0.6) is 11.6 Å². The second-order valence-electron chi connectivity index (χ2n) is 6.15. The molecule has 0 saturated heterocycles. The fourth-order valence-corrected chi connectivity index (χ4v) is 3.52. The Balaban J connectivity index is 1.75. The van der Waals surface area contributed by atoms with Crippen molar-refractivity contribution in [3.8, 4) is 17.3 Å². The number of para-hydroxylation sites is 1. The zero-order chi connectivity index (χ0) is 20.8. The van der Waals surface area contributed by atoms with Gasteiger partial charge in [-0.1, -0.05) is 30.0 Å². The van der Waals surface area contributed by atoms with Gasteiger partial charge in [0, 0.05) is 5.69 Å². The molecule has 0 aliphatic carbocycles. The predicted molar refractivity (Wildman–Crippen MR) is 113 cm³/mol. The van der Waals surface area contributed by atoms with Crippen LogP contribution in [0.3, 0.4) is 0 Å². The largest absolute Gasteiger partial charge is 0.494 e. The molecule has 0 atom stereocenters. The number of amides is 1. The molecule has 150 valence electrons. The van der Waals surface area contributed by atoms with E-state index in [2.05, 4.69) is 10.3 Å². The maximum atomic E-state index is 12.5. The first-order chi connectivity index (χ1) is 14.0. The van der Waals surface area contributed by atoms with E-state index < -0.39 is 5.56 Å². The molecule has 7 nitrogen and oxygen atoms in total. The number of nitrogens with zero attached hydrogens (tertiary/aromatic N) is 2. The molecule has 0 radical (unpaired) electrons. The Morgan fingerprint density at radius 3 is 2.62 bits per heavy atom. The summed E-state index contributed by atoms with van der Waals surface area (Å²) in [7, 11) is 0. The molecule has 29 heavy (non-hydrogen) atoms. The van der Waals surface area contributed by atoms with Crippen LogP contribution in [0.4, 0.5) is 5.69 Å². The van der Waals surface area contributed by atoms with E-state index in [1.165, 1.54) is 4.57 Å². The van der Waals surface area contributed by atoms with Gasteiger partial charge < -0.3 is 15.2 Å². The van der Waals surface area contributed by atoms with Crippen molar-refractivity contribution in [1.29, 1.82) is 0 Å². The van der Waals surface area contributed by atoms with Crippen LogP contribution >= 0.6 is 11.8 Å². The van der Waals surface area contributed by atoms with Crippen LogP contribution in [-0.2, 0) is 4.79 Å². The van der Waals surface area contributed by atoms with Gasteiger partial charge >= 0.3 is 0 Å². The molecular weight excluding hydrogens is 390 g/mol. The third-order valence-corrected chi connectivity index (χ3v) is 4.95. The molecule has 0 aliphatic rings. The van der Waals surface area contributed by atoms with E-state index in [-0.39, 0.29) is 22.7 Å². The van der Waals surface area contributed by atoms with Crippen LogP contribution in [0.2, 0.25) is 0 Å². The molecule has 0 saturated carbocycles. The SMILES string of the molecule is CCOc1ccc(NC(=O)CSc2nc(O)cc(=O)n2-c2ccccc2C)cc1. The Labute approximate surface area is 172 Å².